The van der Waals surface area contributed by atoms with Gasteiger partial charge in [-0.1, -0.05) is 34.1 Å². The average Bonchev–Trinajstić information content (AvgIpc) is 2.59. The van der Waals surface area contributed by atoms with Crippen LogP contribution >= 0.6 is 15.9 Å². The van der Waals surface area contributed by atoms with Crippen LogP contribution in [0.1, 0.15) is 5.56 Å². The van der Waals surface area contributed by atoms with Crippen molar-refractivity contribution in [1.29, 1.82) is 0 Å². The molecule has 0 heterocycles. The van der Waals surface area contributed by atoms with Gasteiger partial charge >= 0.3 is 15.5 Å². The SMILES string of the molecule is O=S(=O)(Nc1ccc2c(OCc3ccc(Br)cc3F)cccc2c1)C(F)(F)F. The van der Waals surface area contributed by atoms with Crippen LogP contribution in [0.3, 0.4) is 0 Å². The molecule has 0 unspecified atom stereocenters. The third-order valence-electron chi connectivity index (χ3n) is 3.80. The lowest BCUT2D eigenvalue weighted by molar-refractivity contribution is -0.0429. The van der Waals surface area contributed by atoms with Gasteiger partial charge in [0.2, 0.25) is 0 Å². The van der Waals surface area contributed by atoms with Crippen molar-refractivity contribution in [3.8, 4) is 5.75 Å². The fraction of sp³-hybridized carbons (Fsp3) is 0.111. The molecule has 0 atom stereocenters. The summed E-state index contributed by atoms with van der Waals surface area (Å²) < 4.78 is 81.7. The Morgan fingerprint density at radius 1 is 1.04 bits per heavy atom. The number of ether oxygens (including phenoxy) is 1. The van der Waals surface area contributed by atoms with Gasteiger partial charge in [0.25, 0.3) is 0 Å². The highest BCUT2D eigenvalue weighted by Crippen LogP contribution is 2.31. The molecular weight excluding hydrogens is 466 g/mol. The van der Waals surface area contributed by atoms with E-state index in [9.17, 15) is 26.0 Å². The molecule has 3 aromatic carbocycles. The molecule has 0 aliphatic carbocycles. The summed E-state index contributed by atoms with van der Waals surface area (Å²) in [6.45, 7) is -0.0549. The molecule has 28 heavy (non-hydrogen) atoms. The van der Waals surface area contributed by atoms with Crippen LogP contribution < -0.4 is 9.46 Å². The van der Waals surface area contributed by atoms with Gasteiger partial charge in [0, 0.05) is 21.1 Å². The van der Waals surface area contributed by atoms with Crippen molar-refractivity contribution in [2.24, 2.45) is 0 Å². The van der Waals surface area contributed by atoms with Crippen molar-refractivity contribution < 1.29 is 30.7 Å². The largest absolute Gasteiger partial charge is 0.516 e. The number of hydrogen-bond donors (Lipinski definition) is 1. The number of nitrogens with one attached hydrogen (secondary N) is 1. The van der Waals surface area contributed by atoms with E-state index in [4.69, 9.17) is 4.74 Å². The molecule has 0 radical (unpaired) electrons. The van der Waals surface area contributed by atoms with Gasteiger partial charge in [-0.2, -0.15) is 21.6 Å². The minimum absolute atomic E-state index is 0.0549. The number of halogens is 5. The second-order valence-electron chi connectivity index (χ2n) is 5.77. The van der Waals surface area contributed by atoms with Crippen molar-refractivity contribution in [3.05, 3.63) is 70.5 Å². The molecule has 3 rings (SSSR count). The normalized spacial score (nSPS) is 12.2. The van der Waals surface area contributed by atoms with Gasteiger partial charge in [0.15, 0.2) is 0 Å². The lowest BCUT2D eigenvalue weighted by atomic mass is 10.1. The number of sulfonamides is 1. The molecule has 0 amide bonds. The molecule has 4 nitrogen and oxygen atoms in total. The Morgan fingerprint density at radius 3 is 2.46 bits per heavy atom. The first-order valence-electron chi connectivity index (χ1n) is 7.75. The van der Waals surface area contributed by atoms with E-state index in [-0.39, 0.29) is 12.3 Å². The van der Waals surface area contributed by atoms with Gasteiger partial charge in [0.05, 0.1) is 0 Å². The summed E-state index contributed by atoms with van der Waals surface area (Å²) in [7, 11) is -5.51. The Hall–Kier alpha value is -2.33. The second-order valence-corrected chi connectivity index (χ2v) is 8.36. The van der Waals surface area contributed by atoms with Crippen LogP contribution in [0.25, 0.3) is 10.8 Å². The van der Waals surface area contributed by atoms with Gasteiger partial charge < -0.3 is 4.74 Å². The van der Waals surface area contributed by atoms with Gasteiger partial charge in [-0.05, 0) is 41.8 Å². The maximum Gasteiger partial charge on any atom is 0.516 e. The average molecular weight is 478 g/mol. The first-order valence-corrected chi connectivity index (χ1v) is 10.0. The first kappa shape index (κ1) is 20.4. The molecule has 0 bridgehead atoms. The molecule has 0 saturated carbocycles. The Balaban J connectivity index is 1.85. The first-order chi connectivity index (χ1) is 13.1. The molecule has 3 aromatic rings. The van der Waals surface area contributed by atoms with Crippen LogP contribution in [0.2, 0.25) is 0 Å². The molecule has 0 aliphatic heterocycles. The third kappa shape index (κ3) is 4.39. The van der Waals surface area contributed by atoms with Crippen molar-refractivity contribution in [2.45, 2.75) is 12.1 Å². The minimum atomic E-state index is -5.51. The van der Waals surface area contributed by atoms with Crippen LogP contribution in [-0.2, 0) is 16.6 Å². The molecule has 10 heteroatoms. The zero-order valence-corrected chi connectivity index (χ0v) is 16.3. The topological polar surface area (TPSA) is 55.4 Å². The highest BCUT2D eigenvalue weighted by atomic mass is 79.9. The number of benzene rings is 3. The number of anilines is 1. The van der Waals surface area contributed by atoms with Crippen LogP contribution in [0.15, 0.2) is 59.1 Å². The summed E-state index contributed by atoms with van der Waals surface area (Å²) in [4.78, 5) is 0. The summed E-state index contributed by atoms with van der Waals surface area (Å²) in [5.41, 5.74) is -5.32. The Kier molecular flexibility index (Phi) is 5.53. The van der Waals surface area contributed by atoms with Gasteiger partial charge in [0.1, 0.15) is 18.2 Å². The van der Waals surface area contributed by atoms with Crippen LogP contribution in [-0.4, -0.2) is 13.9 Å². The number of hydrogen-bond acceptors (Lipinski definition) is 3. The van der Waals surface area contributed by atoms with E-state index in [1.54, 1.807) is 30.3 Å². The van der Waals surface area contributed by atoms with Gasteiger partial charge in [-0.3, -0.25) is 4.72 Å². The molecule has 0 aromatic heterocycles. The Morgan fingerprint density at radius 2 is 1.79 bits per heavy atom. The smallest absolute Gasteiger partial charge is 0.488 e. The minimum Gasteiger partial charge on any atom is -0.488 e. The van der Waals surface area contributed by atoms with Crippen LogP contribution in [0, 0.1) is 5.82 Å². The lowest BCUT2D eigenvalue weighted by Crippen LogP contribution is -2.29. The standard InChI is InChI=1S/C18H12BrF4NO3S/c19-13-5-4-12(16(20)9-13)10-27-17-3-1-2-11-8-14(6-7-15(11)17)24-28(25,26)18(21,22)23/h1-9,24H,10H2. The zero-order valence-electron chi connectivity index (χ0n) is 13.9. The molecular formula is C18H12BrF4NO3S. The highest BCUT2D eigenvalue weighted by Gasteiger charge is 2.46. The Bertz CT molecular complexity index is 1130. The second kappa shape index (κ2) is 7.59. The molecule has 0 fully saturated rings. The quantitative estimate of drug-likeness (QED) is 0.487. The fourth-order valence-corrected chi connectivity index (χ4v) is 3.34. The van der Waals surface area contributed by atoms with E-state index in [0.29, 0.717) is 26.6 Å². The number of rotatable bonds is 5. The molecule has 0 aliphatic rings. The Labute approximate surface area is 166 Å². The van der Waals surface area contributed by atoms with Gasteiger partial charge in [-0.15, -0.1) is 0 Å². The van der Waals surface area contributed by atoms with Crippen molar-refractivity contribution >= 4 is 42.4 Å². The third-order valence-corrected chi connectivity index (χ3v) is 5.40. The molecule has 1 N–H and O–H groups in total. The molecule has 0 saturated heterocycles. The van der Waals surface area contributed by atoms with E-state index in [0.717, 1.165) is 0 Å². The predicted octanol–water partition coefficient (Wildman–Crippen LogP) is 5.58. The summed E-state index contributed by atoms with van der Waals surface area (Å²) in [5.74, 6) is -0.0662. The lowest BCUT2D eigenvalue weighted by Gasteiger charge is -2.13. The van der Waals surface area contributed by atoms with E-state index < -0.39 is 21.3 Å². The van der Waals surface area contributed by atoms with Crippen molar-refractivity contribution in [2.75, 3.05) is 4.72 Å². The van der Waals surface area contributed by atoms with Crippen molar-refractivity contribution in [3.63, 3.8) is 0 Å². The summed E-state index contributed by atoms with van der Waals surface area (Å²) >= 11 is 3.16. The highest BCUT2D eigenvalue weighted by molar-refractivity contribution is 9.10. The summed E-state index contributed by atoms with van der Waals surface area (Å²) in [6, 6.07) is 13.2. The fourth-order valence-electron chi connectivity index (χ4n) is 2.45. The van der Waals surface area contributed by atoms with Gasteiger partial charge in [-0.25, -0.2) is 4.39 Å². The van der Waals surface area contributed by atoms with Crippen LogP contribution in [0.5, 0.6) is 5.75 Å². The van der Waals surface area contributed by atoms with E-state index in [1.807, 2.05) is 0 Å². The summed E-state index contributed by atoms with van der Waals surface area (Å²) in [5, 5.41) is 0.992. The number of alkyl halides is 3. The number of fused-ring (bicyclic) bond motifs is 1. The van der Waals surface area contributed by atoms with Crippen LogP contribution in [0.4, 0.5) is 23.2 Å². The zero-order chi connectivity index (χ0) is 20.5. The monoisotopic (exact) mass is 477 g/mol. The maximum atomic E-state index is 13.9. The van der Waals surface area contributed by atoms with E-state index in [2.05, 4.69) is 15.9 Å². The maximum absolute atomic E-state index is 13.9. The van der Waals surface area contributed by atoms with E-state index >= 15 is 0 Å². The predicted molar refractivity (Wildman–Crippen MR) is 101 cm³/mol. The molecule has 0 spiro atoms. The molecule has 148 valence electrons. The van der Waals surface area contributed by atoms with Crippen molar-refractivity contribution in [1.82, 2.24) is 0 Å². The van der Waals surface area contributed by atoms with E-state index in [1.165, 1.54) is 29.0 Å². The summed E-state index contributed by atoms with van der Waals surface area (Å²) in [6.07, 6.45) is 0.